The summed E-state index contributed by atoms with van der Waals surface area (Å²) in [4.78, 5) is 12.8. The number of nitrogens with zero attached hydrogens (tertiary/aromatic N) is 1. The molecule has 2 aromatic rings. The quantitative estimate of drug-likeness (QED) is 0.726. The summed E-state index contributed by atoms with van der Waals surface area (Å²) in [6.45, 7) is 5.64. The zero-order valence-electron chi connectivity index (χ0n) is 14.5. The fourth-order valence-corrected chi connectivity index (χ4v) is 3.35. The summed E-state index contributed by atoms with van der Waals surface area (Å²) in [5.74, 6) is 0.0394. The second-order valence-electron chi connectivity index (χ2n) is 6.71. The van der Waals surface area contributed by atoms with E-state index in [2.05, 4.69) is 4.36 Å². The molecule has 1 atom stereocenters. The molecule has 3 nitrogen and oxygen atoms in total. The average molecular weight is 341 g/mol. The highest BCUT2D eigenvalue weighted by Crippen LogP contribution is 2.25. The first-order valence-electron chi connectivity index (χ1n) is 7.79. The van der Waals surface area contributed by atoms with Crippen molar-refractivity contribution in [2.75, 3.05) is 6.26 Å². The van der Waals surface area contributed by atoms with Crippen molar-refractivity contribution < 1.29 is 9.00 Å². The minimum absolute atomic E-state index is 0.0394. The summed E-state index contributed by atoms with van der Waals surface area (Å²) < 4.78 is 17.4. The number of hydrogen-bond acceptors (Lipinski definition) is 3. The fourth-order valence-electron chi connectivity index (χ4n) is 2.04. The molecule has 2 aromatic carbocycles. The van der Waals surface area contributed by atoms with Crippen molar-refractivity contribution in [3.63, 3.8) is 0 Å². The van der Waals surface area contributed by atoms with E-state index in [0.717, 1.165) is 5.56 Å². The number of carbonyl (C=O) groups excluding carboxylic acids is 1. The van der Waals surface area contributed by atoms with Gasteiger partial charge in [-0.3, -0.25) is 4.79 Å². The van der Waals surface area contributed by atoms with Crippen molar-refractivity contribution in [2.24, 2.45) is 9.78 Å². The molecule has 0 aromatic heterocycles. The van der Waals surface area contributed by atoms with E-state index in [1.54, 1.807) is 18.4 Å². The maximum Gasteiger partial charge on any atom is 0.161 e. The Kier molecular flexibility index (Phi) is 5.40. The third-order valence-corrected chi connectivity index (χ3v) is 5.24. The Bertz CT molecular complexity index is 868. The monoisotopic (exact) mass is 341 g/mol. The molecule has 0 saturated carbocycles. The molecule has 0 radical (unpaired) electrons. The van der Waals surface area contributed by atoms with Gasteiger partial charge in [-0.2, -0.15) is 4.36 Å². The van der Waals surface area contributed by atoms with Gasteiger partial charge in [-0.05, 0) is 30.4 Å². The van der Waals surface area contributed by atoms with Gasteiger partial charge < -0.3 is 0 Å². The highest BCUT2D eigenvalue weighted by Gasteiger charge is 2.18. The number of hydrogen-bond donors (Lipinski definition) is 0. The number of ketones is 1. The Morgan fingerprint density at radius 3 is 2.21 bits per heavy atom. The van der Waals surface area contributed by atoms with Crippen LogP contribution in [0.3, 0.4) is 0 Å². The van der Waals surface area contributed by atoms with Crippen molar-refractivity contribution in [3.05, 3.63) is 66.2 Å². The molecular formula is C20H23NO2S. The van der Waals surface area contributed by atoms with Crippen LogP contribution in [0.2, 0.25) is 0 Å². The minimum Gasteiger partial charge on any atom is -0.294 e. The topological polar surface area (TPSA) is 46.5 Å². The lowest BCUT2D eigenvalue weighted by molar-refractivity contribution is -0.121. The third kappa shape index (κ3) is 4.65. The molecule has 126 valence electrons. The molecule has 0 amide bonds. The summed E-state index contributed by atoms with van der Waals surface area (Å²) in [6.07, 6.45) is 4.93. The summed E-state index contributed by atoms with van der Waals surface area (Å²) in [6, 6.07) is 16.6. The highest BCUT2D eigenvalue weighted by molar-refractivity contribution is 7.93. The van der Waals surface area contributed by atoms with Gasteiger partial charge in [-0.25, -0.2) is 4.21 Å². The molecule has 0 aliphatic rings. The number of allylic oxidation sites excluding steroid dienone is 1. The van der Waals surface area contributed by atoms with Crippen LogP contribution in [0.15, 0.2) is 69.9 Å². The van der Waals surface area contributed by atoms with Crippen LogP contribution in [0.4, 0.5) is 5.69 Å². The smallest absolute Gasteiger partial charge is 0.161 e. The Balaban J connectivity index is 2.43. The Morgan fingerprint density at radius 2 is 1.58 bits per heavy atom. The van der Waals surface area contributed by atoms with Gasteiger partial charge in [0.2, 0.25) is 0 Å². The van der Waals surface area contributed by atoms with E-state index in [0.29, 0.717) is 10.6 Å². The molecule has 0 bridgehead atoms. The summed E-state index contributed by atoms with van der Waals surface area (Å²) in [5, 5.41) is 0. The van der Waals surface area contributed by atoms with Crippen LogP contribution < -0.4 is 0 Å². The molecule has 0 heterocycles. The number of benzene rings is 2. The summed E-state index contributed by atoms with van der Waals surface area (Å²) in [7, 11) is -2.55. The van der Waals surface area contributed by atoms with Crippen LogP contribution in [0.1, 0.15) is 26.3 Å². The maximum absolute atomic E-state index is 12.9. The predicted molar refractivity (Wildman–Crippen MR) is 101 cm³/mol. The van der Waals surface area contributed by atoms with Gasteiger partial charge in [0.05, 0.1) is 15.4 Å². The van der Waals surface area contributed by atoms with Crippen molar-refractivity contribution in [1.29, 1.82) is 0 Å². The van der Waals surface area contributed by atoms with Gasteiger partial charge in [0.15, 0.2) is 5.78 Å². The van der Waals surface area contributed by atoms with Crippen LogP contribution in [-0.2, 0) is 14.5 Å². The van der Waals surface area contributed by atoms with Crippen LogP contribution in [-0.4, -0.2) is 16.2 Å². The third-order valence-electron chi connectivity index (χ3n) is 3.54. The first-order valence-corrected chi connectivity index (χ1v) is 9.71. The molecule has 0 saturated heterocycles. The van der Waals surface area contributed by atoms with Crippen molar-refractivity contribution >= 4 is 27.3 Å². The average Bonchev–Trinajstić information content (AvgIpc) is 2.53. The van der Waals surface area contributed by atoms with Gasteiger partial charge in [0, 0.05) is 22.1 Å². The molecule has 0 fully saturated rings. The van der Waals surface area contributed by atoms with E-state index in [-0.39, 0.29) is 5.78 Å². The van der Waals surface area contributed by atoms with E-state index in [1.807, 2.05) is 75.4 Å². The number of rotatable bonds is 4. The van der Waals surface area contributed by atoms with Gasteiger partial charge in [-0.15, -0.1) is 0 Å². The molecule has 24 heavy (non-hydrogen) atoms. The Hall–Kier alpha value is -2.20. The van der Waals surface area contributed by atoms with E-state index >= 15 is 0 Å². The van der Waals surface area contributed by atoms with E-state index < -0.39 is 15.1 Å². The lowest BCUT2D eigenvalue weighted by Gasteiger charge is -2.13. The normalized spacial score (nSPS) is 14.3. The first-order chi connectivity index (χ1) is 11.2. The van der Waals surface area contributed by atoms with Crippen molar-refractivity contribution in [3.8, 4) is 0 Å². The molecule has 0 aliphatic carbocycles. The van der Waals surface area contributed by atoms with Crippen molar-refractivity contribution in [2.45, 2.75) is 25.7 Å². The van der Waals surface area contributed by atoms with Crippen LogP contribution in [0.5, 0.6) is 0 Å². The highest BCUT2D eigenvalue weighted by atomic mass is 32.2. The lowest BCUT2D eigenvalue weighted by Crippen LogP contribution is -2.17. The molecule has 0 aliphatic heterocycles. The summed E-state index contributed by atoms with van der Waals surface area (Å²) >= 11 is 0. The van der Waals surface area contributed by atoms with Crippen LogP contribution >= 0.6 is 0 Å². The van der Waals surface area contributed by atoms with Crippen LogP contribution in [0.25, 0.3) is 6.08 Å². The standard InChI is InChI=1S/C20H23NO2S/c1-20(2,3)19(22)15-14-16-10-8-9-13-18(16)21-24(4,23)17-11-6-5-7-12-17/h5-15H,1-4H3/b15-14+/t24-/m0/s1. The van der Waals surface area contributed by atoms with E-state index in [9.17, 15) is 9.00 Å². The van der Waals surface area contributed by atoms with E-state index in [1.165, 1.54) is 0 Å². The van der Waals surface area contributed by atoms with Gasteiger partial charge in [0.25, 0.3) is 0 Å². The van der Waals surface area contributed by atoms with Gasteiger partial charge in [0.1, 0.15) is 0 Å². The molecule has 0 N–H and O–H groups in total. The molecular weight excluding hydrogens is 318 g/mol. The number of carbonyl (C=O) groups is 1. The molecule has 0 unspecified atom stereocenters. The Morgan fingerprint density at radius 1 is 1.00 bits per heavy atom. The van der Waals surface area contributed by atoms with E-state index in [4.69, 9.17) is 0 Å². The molecule has 0 spiro atoms. The second kappa shape index (κ2) is 7.14. The largest absolute Gasteiger partial charge is 0.294 e. The second-order valence-corrected chi connectivity index (χ2v) is 8.97. The Labute approximate surface area is 144 Å². The van der Waals surface area contributed by atoms with Crippen LogP contribution in [0, 0.1) is 5.41 Å². The zero-order valence-corrected chi connectivity index (χ0v) is 15.3. The van der Waals surface area contributed by atoms with Gasteiger partial charge in [-0.1, -0.05) is 57.2 Å². The summed E-state index contributed by atoms with van der Waals surface area (Å²) in [5.41, 5.74) is 0.970. The maximum atomic E-state index is 12.9. The molecule has 2 rings (SSSR count). The lowest BCUT2D eigenvalue weighted by atomic mass is 9.90. The SMILES string of the molecule is CC(C)(C)C(=O)/C=C/c1ccccc1N=[S@@](C)(=O)c1ccccc1. The zero-order chi connectivity index (χ0) is 17.8. The molecule has 4 heteroatoms. The minimum atomic E-state index is -2.55. The van der Waals surface area contributed by atoms with Crippen molar-refractivity contribution in [1.82, 2.24) is 0 Å². The van der Waals surface area contributed by atoms with Gasteiger partial charge >= 0.3 is 0 Å². The first kappa shape index (κ1) is 18.1. The fraction of sp³-hybridized carbons (Fsp3) is 0.250. The predicted octanol–water partition coefficient (Wildman–Crippen LogP) is 5.10.